The molecule has 1 atom stereocenters. The maximum Gasteiger partial charge on any atom is 0.0454 e. The van der Waals surface area contributed by atoms with Crippen LogP contribution in [0.1, 0.15) is 47.5 Å². The molecule has 0 aliphatic heterocycles. The summed E-state index contributed by atoms with van der Waals surface area (Å²) in [5.74, 6) is 1.03. The molecular weight excluding hydrogens is 196 g/mol. The van der Waals surface area contributed by atoms with E-state index in [-0.39, 0.29) is 0 Å². The van der Waals surface area contributed by atoms with Crippen LogP contribution in [0.5, 0.6) is 0 Å². The van der Waals surface area contributed by atoms with E-state index in [0.29, 0.717) is 11.8 Å². The molecular formula is C14H26N2. The Bertz CT molecular complexity index is 272. The second kappa shape index (κ2) is 8.14. The van der Waals surface area contributed by atoms with Crippen molar-refractivity contribution in [3.05, 3.63) is 24.0 Å². The Morgan fingerprint density at radius 2 is 2.00 bits per heavy atom. The van der Waals surface area contributed by atoms with Crippen LogP contribution >= 0.6 is 0 Å². The molecule has 0 aliphatic rings. The highest BCUT2D eigenvalue weighted by atomic mass is 14.7. The summed E-state index contributed by atoms with van der Waals surface area (Å²) in [5, 5.41) is 0. The molecule has 0 bridgehead atoms. The fraction of sp³-hybridized carbons (Fsp3) is 0.643. The Morgan fingerprint density at radius 1 is 1.38 bits per heavy atom. The van der Waals surface area contributed by atoms with Crippen LogP contribution in [0.25, 0.3) is 0 Å². The molecule has 0 radical (unpaired) electrons. The van der Waals surface area contributed by atoms with Crippen molar-refractivity contribution in [2.75, 3.05) is 0 Å². The second-order valence-electron chi connectivity index (χ2n) is 4.61. The zero-order chi connectivity index (χ0) is 12.6. The van der Waals surface area contributed by atoms with Crippen molar-refractivity contribution in [2.45, 2.75) is 47.5 Å². The third-order valence-electron chi connectivity index (χ3n) is 2.48. The molecule has 1 unspecified atom stereocenters. The number of rotatable bonds is 6. The standard InChI is InChI=1S/C14H26N2/c1-6-8-13(7-2)12(5)16-10-14(15)9-11(3)4/h6,8,10-11,13H,7,9,15H2,1-5H3/b8-6-,14-10-,16-12?. The normalized spacial score (nSPS) is 16.1. The van der Waals surface area contributed by atoms with Gasteiger partial charge in [-0.25, -0.2) is 0 Å². The molecule has 2 heteroatoms. The fourth-order valence-electron chi connectivity index (χ4n) is 1.61. The molecule has 0 amide bonds. The van der Waals surface area contributed by atoms with Crippen molar-refractivity contribution in [1.29, 1.82) is 0 Å². The first-order valence-electron chi connectivity index (χ1n) is 6.12. The van der Waals surface area contributed by atoms with Gasteiger partial charge in [0.1, 0.15) is 0 Å². The van der Waals surface area contributed by atoms with Gasteiger partial charge in [0.05, 0.1) is 0 Å². The summed E-state index contributed by atoms with van der Waals surface area (Å²) in [4.78, 5) is 4.45. The van der Waals surface area contributed by atoms with E-state index in [9.17, 15) is 0 Å². The van der Waals surface area contributed by atoms with Crippen LogP contribution in [0.2, 0.25) is 0 Å². The minimum absolute atomic E-state index is 0.438. The van der Waals surface area contributed by atoms with Gasteiger partial charge < -0.3 is 5.73 Å². The Kier molecular flexibility index (Phi) is 7.61. The number of nitrogens with two attached hydrogens (primary N) is 1. The van der Waals surface area contributed by atoms with Crippen molar-refractivity contribution in [1.82, 2.24) is 0 Å². The first-order chi connectivity index (χ1) is 7.51. The molecule has 0 aromatic carbocycles. The van der Waals surface area contributed by atoms with Crippen molar-refractivity contribution in [2.24, 2.45) is 22.6 Å². The average molecular weight is 222 g/mol. The Balaban J connectivity index is 4.51. The molecule has 0 spiro atoms. The van der Waals surface area contributed by atoms with Gasteiger partial charge in [-0.05, 0) is 32.6 Å². The third kappa shape index (κ3) is 6.44. The van der Waals surface area contributed by atoms with Gasteiger partial charge in [-0.15, -0.1) is 0 Å². The van der Waals surface area contributed by atoms with Gasteiger partial charge >= 0.3 is 0 Å². The summed E-state index contributed by atoms with van der Waals surface area (Å²) in [6, 6.07) is 0. The van der Waals surface area contributed by atoms with E-state index in [0.717, 1.165) is 24.3 Å². The monoisotopic (exact) mass is 222 g/mol. The maximum absolute atomic E-state index is 5.87. The molecule has 0 saturated heterocycles. The lowest BCUT2D eigenvalue weighted by Gasteiger charge is -2.09. The lowest BCUT2D eigenvalue weighted by Crippen LogP contribution is -2.07. The Labute approximate surface area is 100 Å². The predicted octanol–water partition coefficient (Wildman–Crippen LogP) is 3.90. The van der Waals surface area contributed by atoms with Crippen LogP contribution in [0.4, 0.5) is 0 Å². The summed E-state index contributed by atoms with van der Waals surface area (Å²) in [5.41, 5.74) is 7.87. The number of allylic oxidation sites excluding steroid dienone is 3. The molecule has 16 heavy (non-hydrogen) atoms. The van der Waals surface area contributed by atoms with Gasteiger partial charge in [0.25, 0.3) is 0 Å². The largest absolute Gasteiger partial charge is 0.401 e. The van der Waals surface area contributed by atoms with Gasteiger partial charge in [-0.2, -0.15) is 0 Å². The Morgan fingerprint density at radius 3 is 2.44 bits per heavy atom. The molecule has 0 saturated carbocycles. The summed E-state index contributed by atoms with van der Waals surface area (Å²) < 4.78 is 0. The fourth-order valence-corrected chi connectivity index (χ4v) is 1.61. The van der Waals surface area contributed by atoms with Gasteiger partial charge in [0.15, 0.2) is 0 Å². The molecule has 0 fully saturated rings. The first-order valence-corrected chi connectivity index (χ1v) is 6.12. The lowest BCUT2D eigenvalue weighted by molar-refractivity contribution is 0.637. The minimum atomic E-state index is 0.438. The van der Waals surface area contributed by atoms with E-state index < -0.39 is 0 Å². The Hall–Kier alpha value is -1.05. The molecule has 2 nitrogen and oxygen atoms in total. The van der Waals surface area contributed by atoms with Gasteiger partial charge in [0, 0.05) is 23.5 Å². The highest BCUT2D eigenvalue weighted by Crippen LogP contribution is 2.09. The van der Waals surface area contributed by atoms with Gasteiger partial charge in [-0.1, -0.05) is 32.9 Å². The van der Waals surface area contributed by atoms with Crippen molar-refractivity contribution >= 4 is 5.71 Å². The van der Waals surface area contributed by atoms with Crippen LogP contribution in [0, 0.1) is 11.8 Å². The van der Waals surface area contributed by atoms with Crippen LogP contribution in [0.3, 0.4) is 0 Å². The molecule has 2 N–H and O–H groups in total. The maximum atomic E-state index is 5.87. The van der Waals surface area contributed by atoms with E-state index in [1.165, 1.54) is 0 Å². The minimum Gasteiger partial charge on any atom is -0.401 e. The van der Waals surface area contributed by atoms with E-state index >= 15 is 0 Å². The van der Waals surface area contributed by atoms with Crippen LogP contribution in [-0.2, 0) is 0 Å². The molecule has 92 valence electrons. The summed E-state index contributed by atoms with van der Waals surface area (Å²) >= 11 is 0. The van der Waals surface area contributed by atoms with Crippen molar-refractivity contribution in [3.8, 4) is 0 Å². The molecule has 0 heterocycles. The van der Waals surface area contributed by atoms with E-state index in [2.05, 4.69) is 44.8 Å². The second-order valence-corrected chi connectivity index (χ2v) is 4.61. The van der Waals surface area contributed by atoms with Crippen molar-refractivity contribution < 1.29 is 0 Å². The predicted molar refractivity (Wildman–Crippen MR) is 73.4 cm³/mol. The quantitative estimate of drug-likeness (QED) is 0.537. The highest BCUT2D eigenvalue weighted by Gasteiger charge is 2.04. The number of aliphatic imine (C=N–C) groups is 1. The smallest absolute Gasteiger partial charge is 0.0454 e. The summed E-state index contributed by atoms with van der Waals surface area (Å²) in [6.45, 7) is 10.6. The molecule has 0 aromatic heterocycles. The summed E-state index contributed by atoms with van der Waals surface area (Å²) in [6.07, 6.45) is 8.07. The number of hydrogen-bond donors (Lipinski definition) is 1. The SMILES string of the molecule is C/C=C\C(CC)C(C)=N/C=C(\N)CC(C)C. The van der Waals surface area contributed by atoms with Gasteiger partial charge in [0.2, 0.25) is 0 Å². The molecule has 0 aliphatic carbocycles. The first kappa shape index (κ1) is 14.9. The highest BCUT2D eigenvalue weighted by molar-refractivity contribution is 5.86. The number of hydrogen-bond acceptors (Lipinski definition) is 2. The topological polar surface area (TPSA) is 38.4 Å². The zero-order valence-electron chi connectivity index (χ0n) is 11.3. The van der Waals surface area contributed by atoms with Gasteiger partial charge in [-0.3, -0.25) is 4.99 Å². The molecule has 0 rings (SSSR count). The van der Waals surface area contributed by atoms with Crippen molar-refractivity contribution in [3.63, 3.8) is 0 Å². The van der Waals surface area contributed by atoms with Crippen LogP contribution in [0.15, 0.2) is 29.0 Å². The van der Waals surface area contributed by atoms with E-state index in [1.807, 2.05) is 13.1 Å². The lowest BCUT2D eigenvalue weighted by atomic mass is 10.0. The van der Waals surface area contributed by atoms with Crippen LogP contribution in [-0.4, -0.2) is 5.71 Å². The zero-order valence-corrected chi connectivity index (χ0v) is 11.3. The number of nitrogens with zero attached hydrogens (tertiary/aromatic N) is 1. The molecule has 0 aromatic rings. The third-order valence-corrected chi connectivity index (χ3v) is 2.48. The average Bonchev–Trinajstić information content (AvgIpc) is 2.21. The summed E-state index contributed by atoms with van der Waals surface area (Å²) in [7, 11) is 0. The van der Waals surface area contributed by atoms with Crippen LogP contribution < -0.4 is 5.73 Å². The van der Waals surface area contributed by atoms with E-state index in [4.69, 9.17) is 5.73 Å². The van der Waals surface area contributed by atoms with E-state index in [1.54, 1.807) is 0 Å².